The van der Waals surface area contributed by atoms with Crippen LogP contribution in [0, 0.1) is 5.82 Å². The second-order valence-electron chi connectivity index (χ2n) is 5.37. The van der Waals surface area contributed by atoms with Gasteiger partial charge in [0.05, 0.1) is 6.04 Å². The van der Waals surface area contributed by atoms with Gasteiger partial charge in [-0.25, -0.2) is 4.39 Å². The standard InChI is InChI=1S/C15H18F4N2O/c1-2-12(10-5-3-4-6-11(10)16)20-13-7-8-21(14(13)22)9-15(17,18)19/h3-6,12-13,20H,2,7-9H2,1H3/t12-,13+/m0/s1. The molecule has 1 aliphatic heterocycles. The molecule has 2 atom stereocenters. The van der Waals surface area contributed by atoms with Crippen LogP contribution in [0.3, 0.4) is 0 Å². The summed E-state index contributed by atoms with van der Waals surface area (Å²) in [6.45, 7) is 0.654. The van der Waals surface area contributed by atoms with Gasteiger partial charge in [-0.3, -0.25) is 10.1 Å². The summed E-state index contributed by atoms with van der Waals surface area (Å²) < 4.78 is 51.0. The predicted molar refractivity (Wildman–Crippen MR) is 73.6 cm³/mol. The summed E-state index contributed by atoms with van der Waals surface area (Å²) in [6.07, 6.45) is -3.58. The molecule has 22 heavy (non-hydrogen) atoms. The van der Waals surface area contributed by atoms with Crippen molar-refractivity contribution in [2.75, 3.05) is 13.1 Å². The molecule has 3 nitrogen and oxygen atoms in total. The maximum absolute atomic E-state index is 13.8. The van der Waals surface area contributed by atoms with Crippen LogP contribution < -0.4 is 5.32 Å². The van der Waals surface area contributed by atoms with Crippen LogP contribution >= 0.6 is 0 Å². The number of carbonyl (C=O) groups excluding carboxylic acids is 1. The zero-order chi connectivity index (χ0) is 16.3. The zero-order valence-corrected chi connectivity index (χ0v) is 12.2. The molecule has 7 heteroatoms. The van der Waals surface area contributed by atoms with E-state index < -0.39 is 30.7 Å². The SMILES string of the molecule is CC[C@H](N[C@@H]1CCN(CC(F)(F)F)C1=O)c1ccccc1F. The highest BCUT2D eigenvalue weighted by atomic mass is 19.4. The summed E-state index contributed by atoms with van der Waals surface area (Å²) in [7, 11) is 0. The molecule has 1 fully saturated rings. The minimum atomic E-state index is -4.40. The highest BCUT2D eigenvalue weighted by Gasteiger charge is 2.39. The van der Waals surface area contributed by atoms with Gasteiger partial charge >= 0.3 is 6.18 Å². The third-order valence-corrected chi connectivity index (χ3v) is 3.76. The summed E-state index contributed by atoms with van der Waals surface area (Å²) in [5, 5.41) is 2.99. The summed E-state index contributed by atoms with van der Waals surface area (Å²) in [4.78, 5) is 12.8. The fraction of sp³-hybridized carbons (Fsp3) is 0.533. The minimum Gasteiger partial charge on any atom is -0.332 e. The molecular weight excluding hydrogens is 300 g/mol. The molecule has 0 radical (unpaired) electrons. The number of nitrogens with zero attached hydrogens (tertiary/aromatic N) is 1. The lowest BCUT2D eigenvalue weighted by atomic mass is 10.0. The molecule has 1 aromatic carbocycles. The molecule has 0 saturated carbocycles. The summed E-state index contributed by atoms with van der Waals surface area (Å²) in [5.74, 6) is -0.966. The third-order valence-electron chi connectivity index (χ3n) is 3.76. The predicted octanol–water partition coefficient (Wildman–Crippen LogP) is 3.03. The Morgan fingerprint density at radius 3 is 2.64 bits per heavy atom. The van der Waals surface area contributed by atoms with Crippen molar-refractivity contribution in [1.82, 2.24) is 10.2 Å². The van der Waals surface area contributed by atoms with E-state index >= 15 is 0 Å². The van der Waals surface area contributed by atoms with Crippen LogP contribution in [0.4, 0.5) is 17.6 Å². The Morgan fingerprint density at radius 2 is 2.05 bits per heavy atom. The van der Waals surface area contributed by atoms with Crippen molar-refractivity contribution < 1.29 is 22.4 Å². The van der Waals surface area contributed by atoms with E-state index in [2.05, 4.69) is 5.32 Å². The second-order valence-corrected chi connectivity index (χ2v) is 5.37. The Kier molecular flexibility index (Phi) is 5.05. The van der Waals surface area contributed by atoms with Crippen LogP contribution in [0.5, 0.6) is 0 Å². The van der Waals surface area contributed by atoms with Crippen LogP contribution in [0.1, 0.15) is 31.4 Å². The van der Waals surface area contributed by atoms with Gasteiger partial charge in [0, 0.05) is 18.2 Å². The monoisotopic (exact) mass is 318 g/mol. The van der Waals surface area contributed by atoms with Crippen molar-refractivity contribution in [2.24, 2.45) is 0 Å². The second kappa shape index (κ2) is 6.64. The van der Waals surface area contributed by atoms with Gasteiger partial charge in [0.2, 0.25) is 5.91 Å². The molecule has 122 valence electrons. The van der Waals surface area contributed by atoms with E-state index in [4.69, 9.17) is 0 Å². The highest BCUT2D eigenvalue weighted by Crippen LogP contribution is 2.25. The number of likely N-dealkylation sites (tertiary alicyclic amines) is 1. The Balaban J connectivity index is 2.04. The fourth-order valence-corrected chi connectivity index (χ4v) is 2.70. The largest absolute Gasteiger partial charge is 0.406 e. The molecule has 0 unspecified atom stereocenters. The Bertz CT molecular complexity index is 533. The van der Waals surface area contributed by atoms with Crippen molar-refractivity contribution in [1.29, 1.82) is 0 Å². The van der Waals surface area contributed by atoms with Crippen molar-refractivity contribution in [3.05, 3.63) is 35.6 Å². The van der Waals surface area contributed by atoms with Gasteiger partial charge in [-0.05, 0) is 18.9 Å². The normalized spacial score (nSPS) is 20.5. The van der Waals surface area contributed by atoms with Crippen LogP contribution in [0.2, 0.25) is 0 Å². The molecule has 2 rings (SSSR count). The highest BCUT2D eigenvalue weighted by molar-refractivity contribution is 5.84. The molecule has 1 N–H and O–H groups in total. The lowest BCUT2D eigenvalue weighted by Gasteiger charge is -2.23. The van der Waals surface area contributed by atoms with Crippen LogP contribution in [-0.4, -0.2) is 36.1 Å². The number of nitrogens with one attached hydrogen (secondary N) is 1. The maximum atomic E-state index is 13.8. The van der Waals surface area contributed by atoms with E-state index in [1.165, 1.54) is 6.07 Å². The topological polar surface area (TPSA) is 32.3 Å². The zero-order valence-electron chi connectivity index (χ0n) is 12.2. The van der Waals surface area contributed by atoms with E-state index in [0.717, 1.165) is 4.90 Å². The summed E-state index contributed by atoms with van der Waals surface area (Å²) in [6, 6.07) is 5.09. The van der Waals surface area contributed by atoms with E-state index in [1.54, 1.807) is 18.2 Å². The van der Waals surface area contributed by atoms with Gasteiger partial charge in [-0.15, -0.1) is 0 Å². The number of hydrogen-bond donors (Lipinski definition) is 1. The van der Waals surface area contributed by atoms with Gasteiger partial charge in [-0.2, -0.15) is 13.2 Å². The first-order valence-electron chi connectivity index (χ1n) is 7.18. The van der Waals surface area contributed by atoms with Crippen molar-refractivity contribution in [2.45, 2.75) is 38.0 Å². The number of benzene rings is 1. The molecule has 1 aromatic rings. The Hall–Kier alpha value is -1.63. The van der Waals surface area contributed by atoms with Gasteiger partial charge < -0.3 is 4.90 Å². The van der Waals surface area contributed by atoms with Crippen molar-refractivity contribution in [3.63, 3.8) is 0 Å². The molecule has 1 aliphatic rings. The Labute approximate surface area is 126 Å². The average molecular weight is 318 g/mol. The lowest BCUT2D eigenvalue weighted by Crippen LogP contribution is -2.43. The molecular formula is C15H18F4N2O. The first-order chi connectivity index (χ1) is 10.3. The number of hydrogen-bond acceptors (Lipinski definition) is 2. The number of halogens is 4. The lowest BCUT2D eigenvalue weighted by molar-refractivity contribution is -0.158. The maximum Gasteiger partial charge on any atom is 0.406 e. The summed E-state index contributed by atoms with van der Waals surface area (Å²) in [5.41, 5.74) is 0.423. The average Bonchev–Trinajstić information content (AvgIpc) is 2.76. The first-order valence-corrected chi connectivity index (χ1v) is 7.18. The number of alkyl halides is 3. The summed E-state index contributed by atoms with van der Waals surface area (Å²) >= 11 is 0. The fourth-order valence-electron chi connectivity index (χ4n) is 2.70. The van der Waals surface area contributed by atoms with Crippen LogP contribution in [0.15, 0.2) is 24.3 Å². The molecule has 0 spiro atoms. The Morgan fingerprint density at radius 1 is 1.36 bits per heavy atom. The molecule has 1 heterocycles. The van der Waals surface area contributed by atoms with Gasteiger partial charge in [-0.1, -0.05) is 25.1 Å². The van der Waals surface area contributed by atoms with Gasteiger partial charge in [0.1, 0.15) is 12.4 Å². The van der Waals surface area contributed by atoms with E-state index in [9.17, 15) is 22.4 Å². The third kappa shape index (κ3) is 3.97. The van der Waals surface area contributed by atoms with E-state index in [1.807, 2.05) is 6.92 Å². The number of carbonyl (C=O) groups is 1. The van der Waals surface area contributed by atoms with Crippen LogP contribution in [0.25, 0.3) is 0 Å². The van der Waals surface area contributed by atoms with Crippen molar-refractivity contribution >= 4 is 5.91 Å². The van der Waals surface area contributed by atoms with E-state index in [-0.39, 0.29) is 12.4 Å². The quantitative estimate of drug-likeness (QED) is 0.847. The first kappa shape index (κ1) is 16.7. The van der Waals surface area contributed by atoms with E-state index in [0.29, 0.717) is 18.4 Å². The van der Waals surface area contributed by atoms with Gasteiger partial charge in [0.15, 0.2) is 0 Å². The molecule has 0 aliphatic carbocycles. The van der Waals surface area contributed by atoms with Crippen LogP contribution in [-0.2, 0) is 4.79 Å². The minimum absolute atomic E-state index is 0.0592. The number of rotatable bonds is 5. The van der Waals surface area contributed by atoms with Gasteiger partial charge in [0.25, 0.3) is 0 Å². The number of amides is 1. The molecule has 1 amide bonds. The molecule has 0 aromatic heterocycles. The van der Waals surface area contributed by atoms with Crippen molar-refractivity contribution in [3.8, 4) is 0 Å². The molecule has 1 saturated heterocycles. The smallest absolute Gasteiger partial charge is 0.332 e. The molecule has 0 bridgehead atoms.